The first-order valence-electron chi connectivity index (χ1n) is 21.3. The number of H-pyrrole nitrogens is 2. The van der Waals surface area contributed by atoms with Crippen molar-refractivity contribution in [2.75, 3.05) is 27.3 Å². The summed E-state index contributed by atoms with van der Waals surface area (Å²) in [5.74, 6) is -2.38. The van der Waals surface area contributed by atoms with Crippen molar-refractivity contribution < 1.29 is 37.4 Å². The Kier molecular flexibility index (Phi) is 9.41. The van der Waals surface area contributed by atoms with Gasteiger partial charge in [0.05, 0.1) is 49.2 Å². The molecule has 4 N–H and O–H groups in total. The van der Waals surface area contributed by atoms with Gasteiger partial charge in [0.15, 0.2) is 0 Å². The topological polar surface area (TPSA) is 175 Å². The molecular formula is C46H48F2N8O6. The number of nitrogens with one attached hydrogen (secondary N) is 4. The highest BCUT2D eigenvalue weighted by Gasteiger charge is 2.55. The van der Waals surface area contributed by atoms with Gasteiger partial charge >= 0.3 is 12.2 Å². The van der Waals surface area contributed by atoms with E-state index in [-0.39, 0.29) is 64.9 Å². The predicted molar refractivity (Wildman–Crippen MR) is 224 cm³/mol. The van der Waals surface area contributed by atoms with Crippen molar-refractivity contribution in [2.24, 2.45) is 17.3 Å². The van der Waals surface area contributed by atoms with Crippen LogP contribution in [0.4, 0.5) is 18.4 Å². The van der Waals surface area contributed by atoms with Crippen LogP contribution >= 0.6 is 0 Å². The Balaban J connectivity index is 0.892. The maximum Gasteiger partial charge on any atom is 0.407 e. The molecule has 14 nitrogen and oxygen atoms in total. The van der Waals surface area contributed by atoms with Gasteiger partial charge in [-0.3, -0.25) is 9.59 Å². The Hall–Kier alpha value is -6.32. The number of alkyl carbamates (subject to hydrolysis) is 2. The van der Waals surface area contributed by atoms with Gasteiger partial charge in [-0.25, -0.2) is 19.6 Å². The molecule has 3 aliphatic carbocycles. The van der Waals surface area contributed by atoms with Crippen molar-refractivity contribution in [1.82, 2.24) is 40.4 Å². The first-order chi connectivity index (χ1) is 29.8. The van der Waals surface area contributed by atoms with Crippen LogP contribution in [0.1, 0.15) is 87.2 Å². The quantitative estimate of drug-likeness (QED) is 0.117. The number of nitrogens with zero attached hydrogens (tertiary/aromatic N) is 4. The molecule has 5 aromatic rings. The van der Waals surface area contributed by atoms with Crippen molar-refractivity contribution in [1.29, 1.82) is 0 Å². The van der Waals surface area contributed by atoms with E-state index < -0.39 is 24.2 Å². The largest absolute Gasteiger partial charge is 0.453 e. The molecule has 5 unspecified atom stereocenters. The average molecular weight is 847 g/mol. The van der Waals surface area contributed by atoms with Gasteiger partial charge in [-0.2, -0.15) is 8.78 Å². The summed E-state index contributed by atoms with van der Waals surface area (Å²) in [6.45, 7) is 4.13. The SMILES string of the molecule is COC(=O)NCC(=O)N1C2CCC(C2)C1c1nc2ccc(-c3ccc4c(c3)C(F)(F)c3cc(-c5cnc(C6CC7(CC7)CN6C(=O)C(NC(=O)OC)C(C)C)[nH]5)ccc3-4)cc2[nH]1. The number of carbonyl (C=O) groups is 4. The van der Waals surface area contributed by atoms with Gasteiger partial charge in [0.1, 0.15) is 24.2 Å². The third-order valence-corrected chi connectivity index (χ3v) is 13.9. The lowest BCUT2D eigenvalue weighted by Gasteiger charge is -2.34. The van der Waals surface area contributed by atoms with Gasteiger partial charge in [-0.15, -0.1) is 0 Å². The number of amides is 4. The number of rotatable bonds is 9. The predicted octanol–water partition coefficient (Wildman–Crippen LogP) is 7.58. The van der Waals surface area contributed by atoms with Gasteiger partial charge < -0.3 is 39.9 Å². The lowest BCUT2D eigenvalue weighted by molar-refractivity contribution is -0.136. The molecular weight excluding hydrogens is 799 g/mol. The molecule has 10 rings (SSSR count). The molecule has 2 bridgehead atoms. The van der Waals surface area contributed by atoms with Gasteiger partial charge in [-0.1, -0.05) is 44.2 Å². The number of aromatic nitrogens is 4. The molecule has 5 atom stereocenters. The highest BCUT2D eigenvalue weighted by molar-refractivity contribution is 5.88. The minimum atomic E-state index is -3.28. The fourth-order valence-electron chi connectivity index (χ4n) is 10.5. The normalized spacial score (nSPS) is 22.8. The van der Waals surface area contributed by atoms with Crippen molar-refractivity contribution in [3.63, 3.8) is 0 Å². The molecule has 322 valence electrons. The zero-order chi connectivity index (χ0) is 43.2. The Morgan fingerprint density at radius 3 is 2.29 bits per heavy atom. The number of fused-ring (bicyclic) bond motifs is 6. The van der Waals surface area contributed by atoms with E-state index in [0.717, 1.165) is 49.6 Å². The molecule has 4 fully saturated rings. The second-order valence-corrected chi connectivity index (χ2v) is 18.0. The van der Waals surface area contributed by atoms with Gasteiger partial charge in [0, 0.05) is 29.3 Å². The monoisotopic (exact) mass is 846 g/mol. The van der Waals surface area contributed by atoms with Crippen LogP contribution in [0.25, 0.3) is 44.5 Å². The first kappa shape index (κ1) is 39.8. The van der Waals surface area contributed by atoms with Crippen molar-refractivity contribution in [2.45, 2.75) is 82.5 Å². The summed E-state index contributed by atoms with van der Waals surface area (Å²) in [6.07, 6.45) is 5.76. The molecule has 62 heavy (non-hydrogen) atoms. The number of ether oxygens (including phenoxy) is 2. The number of carbonyl (C=O) groups excluding carboxylic acids is 4. The molecule has 5 aliphatic rings. The third kappa shape index (κ3) is 6.56. The Labute approximate surface area is 356 Å². The van der Waals surface area contributed by atoms with Crippen LogP contribution in [0.5, 0.6) is 0 Å². The lowest BCUT2D eigenvalue weighted by Crippen LogP contribution is -2.51. The number of aromatic amines is 2. The molecule has 1 spiro atoms. The number of halogens is 2. The summed E-state index contributed by atoms with van der Waals surface area (Å²) in [4.78, 5) is 71.1. The highest BCUT2D eigenvalue weighted by Crippen LogP contribution is 2.59. The first-order valence-corrected chi connectivity index (χ1v) is 21.3. The third-order valence-electron chi connectivity index (χ3n) is 13.9. The maximum atomic E-state index is 16.6. The minimum absolute atomic E-state index is 0.0126. The fraction of sp³-hybridized carbons (Fsp3) is 0.435. The number of likely N-dealkylation sites (tertiary alicyclic amines) is 2. The summed E-state index contributed by atoms with van der Waals surface area (Å²) in [6, 6.07) is 14.5. The molecule has 4 amide bonds. The molecule has 3 aromatic carbocycles. The summed E-state index contributed by atoms with van der Waals surface area (Å²) < 4.78 is 42.6. The Bertz CT molecular complexity index is 2650. The number of alkyl halides is 2. The zero-order valence-corrected chi connectivity index (χ0v) is 34.9. The van der Waals surface area contributed by atoms with Gasteiger partial charge in [0.25, 0.3) is 5.92 Å². The molecule has 0 radical (unpaired) electrons. The Morgan fingerprint density at radius 2 is 1.58 bits per heavy atom. The number of piperidine rings is 1. The van der Waals surface area contributed by atoms with Crippen molar-refractivity contribution >= 4 is 35.0 Å². The van der Waals surface area contributed by atoms with Gasteiger partial charge in [0.2, 0.25) is 11.8 Å². The molecule has 2 saturated heterocycles. The number of hydrogen-bond acceptors (Lipinski definition) is 8. The maximum absolute atomic E-state index is 16.6. The number of hydrogen-bond donors (Lipinski definition) is 4. The molecule has 2 aliphatic heterocycles. The van der Waals surface area contributed by atoms with Gasteiger partial charge in [-0.05, 0) is 102 Å². The van der Waals surface area contributed by atoms with Crippen LogP contribution in [-0.4, -0.2) is 93.1 Å². The van der Waals surface area contributed by atoms with E-state index in [9.17, 15) is 19.2 Å². The fourth-order valence-corrected chi connectivity index (χ4v) is 10.5. The van der Waals surface area contributed by atoms with E-state index >= 15 is 8.78 Å². The summed E-state index contributed by atoms with van der Waals surface area (Å²) in [7, 11) is 2.52. The summed E-state index contributed by atoms with van der Waals surface area (Å²) in [5, 5.41) is 5.20. The standard InChI is InChI=1S/C46H48F2N8O6/c1-23(2)38(54-44(60)62-4)42(58)55-22-45(13-14-45)19-36(55)40-49-20-35(53-40)26-7-11-30-29-10-6-24(16-31(29)46(47,48)32(30)17-26)25-8-12-33-34(18-25)52-41(51-33)39-27-5-9-28(15-27)56(39)37(57)21-50-43(59)61-3/h6-8,10-12,16-18,20,23,27-28,36,38-39H,5,9,13-15,19,21-22H2,1-4H3,(H,49,53)(H,50,59)(H,51,52)(H,54,60). The van der Waals surface area contributed by atoms with E-state index in [1.165, 1.54) is 20.3 Å². The van der Waals surface area contributed by atoms with Crippen molar-refractivity contribution in [3.05, 3.63) is 83.6 Å². The second kappa shape index (κ2) is 14.7. The number of benzene rings is 3. The van der Waals surface area contributed by atoms with E-state index in [0.29, 0.717) is 51.7 Å². The van der Waals surface area contributed by atoms with Crippen LogP contribution in [-0.2, 0) is 25.0 Å². The molecule has 2 aromatic heterocycles. The van der Waals surface area contributed by atoms with Crippen LogP contribution in [0, 0.1) is 17.3 Å². The molecule has 4 heterocycles. The smallest absolute Gasteiger partial charge is 0.407 e. The van der Waals surface area contributed by atoms with Crippen LogP contribution in [0.3, 0.4) is 0 Å². The molecule has 2 saturated carbocycles. The number of imidazole rings is 2. The minimum Gasteiger partial charge on any atom is -0.453 e. The second-order valence-electron chi connectivity index (χ2n) is 18.0. The van der Waals surface area contributed by atoms with E-state index in [2.05, 4.69) is 30.3 Å². The average Bonchev–Trinajstić information content (AvgIpc) is 3.93. The van der Waals surface area contributed by atoms with Crippen LogP contribution in [0.2, 0.25) is 0 Å². The van der Waals surface area contributed by atoms with Crippen LogP contribution < -0.4 is 10.6 Å². The Morgan fingerprint density at radius 1 is 0.887 bits per heavy atom. The van der Waals surface area contributed by atoms with Crippen molar-refractivity contribution in [3.8, 4) is 33.5 Å². The number of methoxy groups -OCH3 is 2. The summed E-state index contributed by atoms with van der Waals surface area (Å²) >= 11 is 0. The highest BCUT2D eigenvalue weighted by atomic mass is 19.3. The lowest BCUT2D eigenvalue weighted by atomic mass is 9.98. The van der Waals surface area contributed by atoms with E-state index in [4.69, 9.17) is 9.72 Å². The summed E-state index contributed by atoms with van der Waals surface area (Å²) in [5.41, 5.74) is 4.68. The van der Waals surface area contributed by atoms with Crippen LogP contribution in [0.15, 0.2) is 60.8 Å². The van der Waals surface area contributed by atoms with E-state index in [1.807, 2.05) is 49.1 Å². The molecule has 16 heteroatoms. The van der Waals surface area contributed by atoms with E-state index in [1.54, 1.807) is 29.3 Å². The zero-order valence-electron chi connectivity index (χ0n) is 34.9.